The van der Waals surface area contributed by atoms with Gasteiger partial charge in [-0.3, -0.25) is 0 Å². The van der Waals surface area contributed by atoms with Gasteiger partial charge in [0.1, 0.15) is 5.82 Å². The minimum Gasteiger partial charge on any atom is -0.381 e. The maximum atomic E-state index is 13.1. The Kier molecular flexibility index (Phi) is 3.39. The molecule has 1 aromatic heterocycles. The van der Waals surface area contributed by atoms with Crippen molar-refractivity contribution in [3.05, 3.63) is 51.7 Å². The number of benzene rings is 1. The second kappa shape index (κ2) is 5.16. The van der Waals surface area contributed by atoms with Crippen LogP contribution in [0.25, 0.3) is 0 Å². The van der Waals surface area contributed by atoms with E-state index in [0.29, 0.717) is 12.3 Å². The molecule has 0 aliphatic carbocycles. The molecule has 0 N–H and O–H groups in total. The lowest BCUT2D eigenvalue weighted by molar-refractivity contribution is 0.193. The van der Waals surface area contributed by atoms with Gasteiger partial charge in [0.15, 0.2) is 0 Å². The van der Waals surface area contributed by atoms with Crippen LogP contribution in [0.15, 0.2) is 29.6 Å². The van der Waals surface area contributed by atoms with Crippen LogP contribution >= 0.6 is 11.3 Å². The molecule has 0 amide bonds. The molecule has 0 spiro atoms. The van der Waals surface area contributed by atoms with E-state index in [9.17, 15) is 4.39 Å². The highest BCUT2D eigenvalue weighted by Crippen LogP contribution is 2.27. The summed E-state index contributed by atoms with van der Waals surface area (Å²) in [6.07, 6.45) is 1.76. The summed E-state index contributed by atoms with van der Waals surface area (Å²) in [6.45, 7) is 1.62. The average Bonchev–Trinajstić information content (AvgIpc) is 2.98. The number of hydrogen-bond donors (Lipinski definition) is 0. The van der Waals surface area contributed by atoms with Crippen LogP contribution < -0.4 is 0 Å². The van der Waals surface area contributed by atoms with Gasteiger partial charge in [0.25, 0.3) is 0 Å². The zero-order valence-electron chi connectivity index (χ0n) is 9.93. The molecular formula is C14H14FNOS. The molecule has 18 heavy (non-hydrogen) atoms. The van der Waals surface area contributed by atoms with Gasteiger partial charge in [-0.25, -0.2) is 9.37 Å². The highest BCUT2D eigenvalue weighted by molar-refractivity contribution is 7.09. The minimum atomic E-state index is -0.187. The van der Waals surface area contributed by atoms with E-state index in [2.05, 4.69) is 10.4 Å². The maximum absolute atomic E-state index is 13.1. The molecule has 4 heteroatoms. The summed E-state index contributed by atoms with van der Waals surface area (Å²) in [5.74, 6) is 0.260. The minimum absolute atomic E-state index is 0.187. The van der Waals surface area contributed by atoms with Crippen LogP contribution in [-0.4, -0.2) is 18.2 Å². The van der Waals surface area contributed by atoms with Crippen molar-refractivity contribution in [2.24, 2.45) is 0 Å². The summed E-state index contributed by atoms with van der Waals surface area (Å²) in [6, 6.07) is 6.71. The number of halogens is 1. The Hall–Kier alpha value is -1.26. The number of ether oxygens (including phenoxy) is 1. The lowest BCUT2D eigenvalue weighted by Crippen LogP contribution is -1.98. The fourth-order valence-electron chi connectivity index (χ4n) is 2.18. The Bertz CT molecular complexity index is 534. The Morgan fingerprint density at radius 2 is 2.39 bits per heavy atom. The number of aromatic nitrogens is 1. The lowest BCUT2D eigenvalue weighted by Gasteiger charge is -2.02. The van der Waals surface area contributed by atoms with Gasteiger partial charge in [-0.15, -0.1) is 11.3 Å². The fraction of sp³-hybridized carbons (Fsp3) is 0.357. The van der Waals surface area contributed by atoms with Crippen molar-refractivity contribution in [3.63, 3.8) is 0 Å². The molecule has 2 heterocycles. The number of hydrogen-bond acceptors (Lipinski definition) is 3. The molecule has 3 rings (SSSR count). The Morgan fingerprint density at radius 1 is 1.44 bits per heavy atom. The van der Waals surface area contributed by atoms with Crippen molar-refractivity contribution in [3.8, 4) is 0 Å². The number of nitrogens with zero attached hydrogens (tertiary/aromatic N) is 1. The molecule has 1 atom stereocenters. The van der Waals surface area contributed by atoms with Crippen molar-refractivity contribution >= 4 is 11.3 Å². The van der Waals surface area contributed by atoms with Crippen molar-refractivity contribution < 1.29 is 9.13 Å². The van der Waals surface area contributed by atoms with Gasteiger partial charge in [-0.05, 0) is 24.1 Å². The maximum Gasteiger partial charge on any atom is 0.123 e. The fourth-order valence-corrected chi connectivity index (χ4v) is 3.09. The first-order chi connectivity index (χ1) is 8.81. The topological polar surface area (TPSA) is 22.1 Å². The van der Waals surface area contributed by atoms with Crippen LogP contribution in [0.1, 0.15) is 28.6 Å². The summed E-state index contributed by atoms with van der Waals surface area (Å²) < 4.78 is 18.5. The normalized spacial score (nSPS) is 19.3. The molecule has 1 aliphatic rings. The molecule has 0 saturated carbocycles. The Labute approximate surface area is 109 Å². The molecule has 0 bridgehead atoms. The molecule has 2 nitrogen and oxygen atoms in total. The van der Waals surface area contributed by atoms with E-state index < -0.39 is 0 Å². The number of rotatable bonds is 3. The predicted octanol–water partition coefficient (Wildman–Crippen LogP) is 3.38. The molecule has 2 aromatic rings. The molecule has 94 valence electrons. The molecule has 1 saturated heterocycles. The van der Waals surface area contributed by atoms with Crippen molar-refractivity contribution in [2.45, 2.75) is 18.8 Å². The lowest BCUT2D eigenvalue weighted by atomic mass is 10.1. The molecular weight excluding hydrogens is 249 g/mol. The van der Waals surface area contributed by atoms with Gasteiger partial charge < -0.3 is 4.74 Å². The summed E-state index contributed by atoms with van der Waals surface area (Å²) >= 11 is 1.65. The van der Waals surface area contributed by atoms with Gasteiger partial charge in [0.05, 0.1) is 17.3 Å². The molecule has 1 unspecified atom stereocenters. The summed E-state index contributed by atoms with van der Waals surface area (Å²) in [5.41, 5.74) is 2.10. The Morgan fingerprint density at radius 3 is 3.17 bits per heavy atom. The van der Waals surface area contributed by atoms with Gasteiger partial charge in [-0.1, -0.05) is 12.1 Å². The molecule has 1 aromatic carbocycles. The SMILES string of the molecule is Fc1cccc(Cc2nc(C3CCOC3)cs2)c1. The van der Waals surface area contributed by atoms with E-state index in [1.165, 1.54) is 6.07 Å². The standard InChI is InChI=1S/C14H14FNOS/c15-12-3-1-2-10(6-12)7-14-16-13(9-18-14)11-4-5-17-8-11/h1-3,6,9,11H,4-5,7-8H2. The largest absolute Gasteiger partial charge is 0.381 e. The summed E-state index contributed by atoms with van der Waals surface area (Å²) in [7, 11) is 0. The third-order valence-corrected chi connectivity index (χ3v) is 4.03. The monoisotopic (exact) mass is 263 g/mol. The van der Waals surface area contributed by atoms with Gasteiger partial charge in [-0.2, -0.15) is 0 Å². The third kappa shape index (κ3) is 2.60. The van der Waals surface area contributed by atoms with Crippen LogP contribution in [0.2, 0.25) is 0 Å². The van der Waals surface area contributed by atoms with Crippen LogP contribution in [0.3, 0.4) is 0 Å². The van der Waals surface area contributed by atoms with E-state index in [-0.39, 0.29) is 5.82 Å². The smallest absolute Gasteiger partial charge is 0.123 e. The zero-order chi connectivity index (χ0) is 12.4. The van der Waals surface area contributed by atoms with Crippen LogP contribution in [0.4, 0.5) is 4.39 Å². The third-order valence-electron chi connectivity index (χ3n) is 3.16. The van der Waals surface area contributed by atoms with Gasteiger partial charge in [0, 0.05) is 24.3 Å². The number of thiazole rings is 1. The summed E-state index contributed by atoms with van der Waals surface area (Å²) in [4.78, 5) is 4.63. The van der Waals surface area contributed by atoms with Crippen LogP contribution in [-0.2, 0) is 11.2 Å². The highest BCUT2D eigenvalue weighted by Gasteiger charge is 2.20. The zero-order valence-corrected chi connectivity index (χ0v) is 10.8. The van der Waals surface area contributed by atoms with E-state index in [4.69, 9.17) is 4.74 Å². The van der Waals surface area contributed by atoms with E-state index in [1.807, 2.05) is 6.07 Å². The first-order valence-corrected chi connectivity index (χ1v) is 6.96. The second-order valence-electron chi connectivity index (χ2n) is 4.53. The Balaban J connectivity index is 1.73. The second-order valence-corrected chi connectivity index (χ2v) is 5.48. The molecule has 0 radical (unpaired) electrons. The van der Waals surface area contributed by atoms with E-state index in [1.54, 1.807) is 23.5 Å². The summed E-state index contributed by atoms with van der Waals surface area (Å²) in [5, 5.41) is 3.15. The highest BCUT2D eigenvalue weighted by atomic mass is 32.1. The van der Waals surface area contributed by atoms with Gasteiger partial charge >= 0.3 is 0 Å². The van der Waals surface area contributed by atoms with Crippen LogP contribution in [0, 0.1) is 5.82 Å². The van der Waals surface area contributed by atoms with Crippen molar-refractivity contribution in [1.29, 1.82) is 0 Å². The van der Waals surface area contributed by atoms with Crippen LogP contribution in [0.5, 0.6) is 0 Å². The predicted molar refractivity (Wildman–Crippen MR) is 69.5 cm³/mol. The van der Waals surface area contributed by atoms with E-state index in [0.717, 1.165) is 35.9 Å². The van der Waals surface area contributed by atoms with Crippen molar-refractivity contribution in [1.82, 2.24) is 4.98 Å². The van der Waals surface area contributed by atoms with E-state index >= 15 is 0 Å². The quantitative estimate of drug-likeness (QED) is 0.847. The van der Waals surface area contributed by atoms with Gasteiger partial charge in [0.2, 0.25) is 0 Å². The first-order valence-electron chi connectivity index (χ1n) is 6.08. The molecule has 1 fully saturated rings. The first kappa shape index (κ1) is 11.8. The average molecular weight is 263 g/mol. The van der Waals surface area contributed by atoms with Crippen molar-refractivity contribution in [2.75, 3.05) is 13.2 Å². The molecule has 1 aliphatic heterocycles.